The molecule has 0 fully saturated rings. The Hall–Kier alpha value is -4.04. The first-order chi connectivity index (χ1) is 19.7. The van der Waals surface area contributed by atoms with Gasteiger partial charge in [-0.25, -0.2) is 0 Å². The highest BCUT2D eigenvalue weighted by atomic mass is 32.2. The molecule has 0 atom stereocenters. The monoisotopic (exact) mass is 628 g/mol. The summed E-state index contributed by atoms with van der Waals surface area (Å²) in [5, 5.41) is 11.0. The van der Waals surface area contributed by atoms with Crippen LogP contribution in [0.15, 0.2) is 94.7 Å². The van der Waals surface area contributed by atoms with Crippen molar-refractivity contribution in [1.82, 2.24) is 0 Å². The molecule has 0 aliphatic heterocycles. The molecule has 0 saturated carbocycles. The van der Waals surface area contributed by atoms with Gasteiger partial charge < -0.3 is 15.2 Å². The van der Waals surface area contributed by atoms with Crippen LogP contribution in [0.25, 0.3) is 0 Å². The summed E-state index contributed by atoms with van der Waals surface area (Å²) in [4.78, 5) is 11.7. The van der Waals surface area contributed by atoms with E-state index in [0.29, 0.717) is 17.6 Å². The minimum absolute atomic E-state index is 0.0456. The molecule has 0 unspecified atom stereocenters. The van der Waals surface area contributed by atoms with Gasteiger partial charge in [0.1, 0.15) is 17.2 Å². The van der Waals surface area contributed by atoms with E-state index in [1.165, 1.54) is 29.6 Å². The van der Waals surface area contributed by atoms with Crippen molar-refractivity contribution in [2.45, 2.75) is 22.1 Å². The number of hydrogen-bond donors (Lipinski definition) is 1. The number of thioether (sulfide) groups is 2. The average molecular weight is 629 g/mol. The molecule has 4 rings (SSSR count). The second-order valence-corrected chi connectivity index (χ2v) is 9.89. The smallest absolute Gasteiger partial charge is 0.416 e. The topological polar surface area (TPSA) is 87.6 Å². The number of anilines is 1. The van der Waals surface area contributed by atoms with Gasteiger partial charge in [0.2, 0.25) is 5.75 Å². The van der Waals surface area contributed by atoms with Gasteiger partial charge in [-0.05, 0) is 67.1 Å². The van der Waals surface area contributed by atoms with Crippen molar-refractivity contribution in [2.75, 3.05) is 18.2 Å². The van der Waals surface area contributed by atoms with Gasteiger partial charge in [0.15, 0.2) is 0 Å². The van der Waals surface area contributed by atoms with Crippen LogP contribution < -0.4 is 15.2 Å². The Labute approximate surface area is 245 Å². The van der Waals surface area contributed by atoms with Crippen LogP contribution in [0.1, 0.15) is 11.1 Å². The third-order valence-corrected chi connectivity index (χ3v) is 6.95. The summed E-state index contributed by atoms with van der Waals surface area (Å²) in [5.41, 5.74) is 2.97. The van der Waals surface area contributed by atoms with E-state index in [2.05, 4.69) is 0 Å². The molecule has 0 saturated heterocycles. The summed E-state index contributed by atoms with van der Waals surface area (Å²) in [6.45, 7) is 0. The zero-order valence-corrected chi connectivity index (χ0v) is 23.5. The van der Waals surface area contributed by atoms with E-state index in [0.717, 1.165) is 34.1 Å². The van der Waals surface area contributed by atoms with Gasteiger partial charge in [0.05, 0.1) is 21.7 Å². The van der Waals surface area contributed by atoms with Crippen LogP contribution in [-0.4, -0.2) is 17.4 Å². The first kappa shape index (κ1) is 32.5. The Bertz CT molecular complexity index is 1550. The van der Waals surface area contributed by atoms with Gasteiger partial charge in [-0.3, -0.25) is 10.1 Å². The Kier molecular flexibility index (Phi) is 10.6. The summed E-state index contributed by atoms with van der Waals surface area (Å²) in [6.07, 6.45) is -5.38. The molecule has 4 aromatic carbocycles. The van der Waals surface area contributed by atoms with Crippen LogP contribution in [0.2, 0.25) is 0 Å². The number of ether oxygens (including phenoxy) is 2. The molecule has 6 nitrogen and oxygen atoms in total. The highest BCUT2D eigenvalue weighted by molar-refractivity contribution is 7.99. The molecule has 42 heavy (non-hydrogen) atoms. The molecule has 0 bridgehead atoms. The number of nitrogen functional groups attached to an aromatic ring is 1. The van der Waals surface area contributed by atoms with E-state index in [1.54, 1.807) is 42.7 Å². The molecule has 2 N–H and O–H groups in total. The molecular weight excluding hydrogens is 606 g/mol. The summed E-state index contributed by atoms with van der Waals surface area (Å²) < 4.78 is 86.6. The SMILES string of the molecule is CSc1ccccc1Oc1ccc(C(F)(F)F)cc1N.CSc1ccccc1Oc1ccc(C(F)(F)F)cc1[N+](=O)[O-]. The number of nitro groups is 1. The second kappa shape index (κ2) is 13.7. The fraction of sp³-hybridized carbons (Fsp3) is 0.143. The lowest BCUT2D eigenvalue weighted by atomic mass is 10.2. The number of hydrogen-bond acceptors (Lipinski definition) is 7. The molecule has 0 heterocycles. The Morgan fingerprint density at radius 3 is 1.52 bits per heavy atom. The maximum atomic E-state index is 12.6. The van der Waals surface area contributed by atoms with Crippen molar-refractivity contribution in [1.29, 1.82) is 0 Å². The van der Waals surface area contributed by atoms with Crippen LogP contribution in [-0.2, 0) is 12.4 Å². The normalized spacial score (nSPS) is 11.3. The van der Waals surface area contributed by atoms with Gasteiger partial charge in [-0.15, -0.1) is 23.5 Å². The summed E-state index contributed by atoms with van der Waals surface area (Å²) in [6, 6.07) is 19.3. The Balaban J connectivity index is 0.000000231. The first-order valence-electron chi connectivity index (χ1n) is 11.7. The Morgan fingerprint density at radius 2 is 1.10 bits per heavy atom. The highest BCUT2D eigenvalue weighted by Gasteiger charge is 2.34. The first-order valence-corrected chi connectivity index (χ1v) is 14.1. The third kappa shape index (κ3) is 8.49. The standard InChI is InChI=1S/C14H10F3NO3S.C14H12F3NOS/c1-22-13-5-3-2-4-12(13)21-11-7-6-9(14(15,16)17)8-10(11)18(19)20;1-20-13-5-3-2-4-12(13)19-11-7-6-9(8-10(11)18)14(15,16)17/h2-8H,1H3;2-8H,18H2,1H3. The van der Waals surface area contributed by atoms with Gasteiger partial charge in [0, 0.05) is 15.9 Å². The van der Waals surface area contributed by atoms with E-state index >= 15 is 0 Å². The summed E-state index contributed by atoms with van der Waals surface area (Å²) in [5.74, 6) is 0.878. The van der Waals surface area contributed by atoms with Gasteiger partial charge >= 0.3 is 18.0 Å². The maximum Gasteiger partial charge on any atom is 0.416 e. The van der Waals surface area contributed by atoms with Gasteiger partial charge in [0.25, 0.3) is 0 Å². The summed E-state index contributed by atoms with van der Waals surface area (Å²) >= 11 is 2.84. The number of nitrogens with zero attached hydrogens (tertiary/aromatic N) is 1. The van der Waals surface area contributed by atoms with E-state index in [4.69, 9.17) is 15.2 Å². The molecule has 14 heteroatoms. The predicted molar refractivity (Wildman–Crippen MR) is 151 cm³/mol. The number of nitrogens with two attached hydrogens (primary N) is 1. The van der Waals surface area contributed by atoms with Crippen molar-refractivity contribution in [3.05, 3.63) is 106 Å². The molecular formula is C28H22F6N2O4S2. The van der Waals surface area contributed by atoms with Crippen molar-refractivity contribution in [3.63, 3.8) is 0 Å². The van der Waals surface area contributed by atoms with Gasteiger partial charge in [-0.1, -0.05) is 24.3 Å². The van der Waals surface area contributed by atoms with Crippen LogP contribution in [0.5, 0.6) is 23.0 Å². The van der Waals surface area contributed by atoms with Gasteiger partial charge in [-0.2, -0.15) is 26.3 Å². The van der Waals surface area contributed by atoms with Crippen LogP contribution in [0.4, 0.5) is 37.7 Å². The number of alkyl halides is 6. The zero-order valence-electron chi connectivity index (χ0n) is 21.8. The van der Waals surface area contributed by atoms with E-state index in [1.807, 2.05) is 18.4 Å². The molecule has 222 valence electrons. The highest BCUT2D eigenvalue weighted by Crippen LogP contribution is 2.40. The van der Waals surface area contributed by atoms with E-state index in [-0.39, 0.29) is 17.2 Å². The molecule has 4 aromatic rings. The molecule has 0 aromatic heterocycles. The zero-order chi connectivity index (χ0) is 31.1. The number of rotatable bonds is 7. The number of halogens is 6. The van der Waals surface area contributed by atoms with Crippen molar-refractivity contribution >= 4 is 34.9 Å². The van der Waals surface area contributed by atoms with Crippen molar-refractivity contribution < 1.29 is 40.7 Å². The molecule has 0 amide bonds. The number of benzene rings is 4. The minimum atomic E-state index is -4.65. The number of para-hydroxylation sites is 2. The molecule has 0 aliphatic carbocycles. The van der Waals surface area contributed by atoms with Crippen LogP contribution >= 0.6 is 23.5 Å². The predicted octanol–water partition coefficient (Wildman–Crippen LogP) is 9.93. The van der Waals surface area contributed by atoms with Crippen molar-refractivity contribution in [2.24, 2.45) is 0 Å². The largest absolute Gasteiger partial charge is 0.454 e. The minimum Gasteiger partial charge on any atom is -0.454 e. The Morgan fingerprint density at radius 1 is 0.667 bits per heavy atom. The summed E-state index contributed by atoms with van der Waals surface area (Å²) in [7, 11) is 0. The second-order valence-electron chi connectivity index (χ2n) is 8.19. The molecule has 0 spiro atoms. The van der Waals surface area contributed by atoms with Crippen LogP contribution in [0, 0.1) is 10.1 Å². The van der Waals surface area contributed by atoms with E-state index in [9.17, 15) is 36.5 Å². The van der Waals surface area contributed by atoms with E-state index < -0.39 is 34.1 Å². The van der Waals surface area contributed by atoms with Crippen molar-refractivity contribution in [3.8, 4) is 23.0 Å². The maximum absolute atomic E-state index is 12.6. The average Bonchev–Trinajstić information content (AvgIpc) is 2.94. The molecule has 0 radical (unpaired) electrons. The molecule has 0 aliphatic rings. The lowest BCUT2D eigenvalue weighted by Crippen LogP contribution is -2.06. The fourth-order valence-corrected chi connectivity index (χ4v) is 4.43. The lowest BCUT2D eigenvalue weighted by Gasteiger charge is -2.13. The third-order valence-electron chi connectivity index (χ3n) is 5.40. The number of nitro benzene ring substituents is 1. The lowest BCUT2D eigenvalue weighted by molar-refractivity contribution is -0.385. The fourth-order valence-electron chi connectivity index (χ4n) is 3.38. The van der Waals surface area contributed by atoms with Crippen LogP contribution in [0.3, 0.4) is 0 Å². The quantitative estimate of drug-likeness (QED) is 0.0717.